The van der Waals surface area contributed by atoms with Crippen LogP contribution >= 0.6 is 77.7 Å². The van der Waals surface area contributed by atoms with Gasteiger partial charge in [-0.25, -0.2) is 0 Å². The summed E-state index contributed by atoms with van der Waals surface area (Å²) in [6.45, 7) is 21.2. The molecule has 4 radical (unpaired) electrons. The number of nitrogens with zero attached hydrogens (tertiary/aromatic N) is 2. The topological polar surface area (TPSA) is 74.8 Å². The van der Waals surface area contributed by atoms with Gasteiger partial charge in [0.15, 0.2) is 0 Å². The summed E-state index contributed by atoms with van der Waals surface area (Å²) in [6.07, 6.45) is 13.8. The first-order valence-corrected chi connectivity index (χ1v) is 26.8. The minimum atomic E-state index is -0.619. The van der Waals surface area contributed by atoms with E-state index in [1.54, 1.807) is 7.05 Å². The molecule has 2 heterocycles. The van der Waals surface area contributed by atoms with Gasteiger partial charge in [-0.2, -0.15) is 9.90 Å². The lowest BCUT2D eigenvalue weighted by molar-refractivity contribution is 0.0375. The van der Waals surface area contributed by atoms with Crippen LogP contribution in [-0.2, 0) is 0 Å². The summed E-state index contributed by atoms with van der Waals surface area (Å²) < 4.78 is 0. The molecular weight excluding hydrogens is 1240 g/mol. The molecule has 4 amide bonds. The zero-order valence-corrected chi connectivity index (χ0v) is 54.8. The Bertz CT molecular complexity index is 3750. The fourth-order valence-corrected chi connectivity index (χ4v) is 13.4. The highest BCUT2D eigenvalue weighted by Gasteiger charge is 2.44. The molecule has 0 aromatic heterocycles. The van der Waals surface area contributed by atoms with Crippen LogP contribution in [0.5, 0.6) is 0 Å². The first-order valence-electron chi connectivity index (χ1n) is 26.8. The van der Waals surface area contributed by atoms with E-state index in [0.29, 0.717) is 39.4 Å². The Labute approximate surface area is 505 Å². The Morgan fingerprint density at radius 1 is 0.526 bits per heavy atom. The third kappa shape index (κ3) is 10.1. The zero-order chi connectivity index (χ0) is 51.2. The van der Waals surface area contributed by atoms with Crippen molar-refractivity contribution in [3.05, 3.63) is 156 Å². The average molecular weight is 1320 g/mol. The van der Waals surface area contributed by atoms with Crippen LogP contribution in [0.4, 0.5) is 0 Å². The number of halogens is 2. The van der Waals surface area contributed by atoms with Crippen molar-refractivity contribution >= 4 is 177 Å². The van der Waals surface area contributed by atoms with Gasteiger partial charge in [0.2, 0.25) is 0 Å². The summed E-state index contributed by atoms with van der Waals surface area (Å²) in [5.74, 6) is 0.718. The Balaban J connectivity index is 0.000000515. The van der Waals surface area contributed by atoms with Gasteiger partial charge in [-0.3, -0.25) is 29.0 Å². The van der Waals surface area contributed by atoms with Crippen LogP contribution in [0.2, 0.25) is 0 Å². The van der Waals surface area contributed by atoms with Crippen molar-refractivity contribution in [2.45, 2.75) is 118 Å². The molecule has 6 nitrogen and oxygen atoms in total. The van der Waals surface area contributed by atoms with E-state index in [4.69, 9.17) is 0 Å². The number of aryl methyl sites for hydroxylation is 2. The third-order valence-electron chi connectivity index (χ3n) is 17.2. The number of carbonyl (C=O) groups excluding carboxylic acids is 4. The molecular formula is C67H75I2N2O4P3. The molecule has 0 spiro atoms. The molecule has 2 aliphatic heterocycles. The van der Waals surface area contributed by atoms with Gasteiger partial charge >= 0.3 is 0 Å². The van der Waals surface area contributed by atoms with Gasteiger partial charge in [0.1, 0.15) is 0 Å². The number of benzene rings is 8. The fourth-order valence-electron chi connectivity index (χ4n) is 13.4. The lowest BCUT2D eigenvalue weighted by atomic mass is 9.77. The van der Waals surface area contributed by atoms with Crippen LogP contribution in [0, 0.1) is 39.5 Å². The quantitative estimate of drug-likeness (QED) is 0.0566. The molecule has 406 valence electrons. The van der Waals surface area contributed by atoms with Gasteiger partial charge in [0.25, 0.3) is 23.6 Å². The maximum Gasteiger partial charge on any atom is 0.261 e. The zero-order valence-electron chi connectivity index (χ0n) is 46.4. The summed E-state index contributed by atoms with van der Waals surface area (Å²) in [5.41, 5.74) is 5.98. The molecule has 2 saturated carbocycles. The smallest absolute Gasteiger partial charge is 0.261 e. The van der Waals surface area contributed by atoms with E-state index < -0.39 is 5.54 Å². The van der Waals surface area contributed by atoms with Crippen molar-refractivity contribution in [2.75, 3.05) is 7.05 Å². The van der Waals surface area contributed by atoms with E-state index in [-0.39, 0.29) is 101 Å². The number of imide groups is 2. The maximum absolute atomic E-state index is 14.7. The molecule has 2 fully saturated rings. The van der Waals surface area contributed by atoms with E-state index in [1.807, 2.05) is 80.6 Å². The Morgan fingerprint density at radius 3 is 1.37 bits per heavy atom. The van der Waals surface area contributed by atoms with Crippen molar-refractivity contribution in [2.24, 2.45) is 11.8 Å². The van der Waals surface area contributed by atoms with Crippen LogP contribution in [0.3, 0.4) is 0 Å². The van der Waals surface area contributed by atoms with Gasteiger partial charge < -0.3 is 0 Å². The van der Waals surface area contributed by atoms with Gasteiger partial charge in [0.05, 0.1) is 0 Å². The van der Waals surface area contributed by atoms with Crippen molar-refractivity contribution < 1.29 is 19.2 Å². The first kappa shape index (κ1) is 63.0. The molecule has 2 unspecified atom stereocenters. The Morgan fingerprint density at radius 2 is 0.936 bits per heavy atom. The second kappa shape index (κ2) is 24.9. The molecule has 78 heavy (non-hydrogen) atoms. The van der Waals surface area contributed by atoms with Gasteiger partial charge in [0, 0.05) is 45.6 Å². The van der Waals surface area contributed by atoms with Crippen LogP contribution in [0.15, 0.2) is 103 Å². The first-order chi connectivity index (χ1) is 35.2. The van der Waals surface area contributed by atoms with Gasteiger partial charge in [-0.15, -0.1) is 67.8 Å². The highest BCUT2D eigenvalue weighted by molar-refractivity contribution is 14.0. The largest absolute Gasteiger partial charge is 0.277 e. The Hall–Kier alpha value is -4.17. The van der Waals surface area contributed by atoms with Crippen LogP contribution in [-0.4, -0.2) is 46.0 Å². The van der Waals surface area contributed by atoms with E-state index in [9.17, 15) is 19.2 Å². The Kier molecular flexibility index (Phi) is 20.1. The molecule has 9 aromatic rings. The second-order valence-electron chi connectivity index (χ2n) is 22.0. The normalized spacial score (nSPS) is 15.8. The summed E-state index contributed by atoms with van der Waals surface area (Å²) in [7, 11) is 1.56. The monoisotopic (exact) mass is 1320 g/mol. The van der Waals surface area contributed by atoms with Gasteiger partial charge in [-0.05, 0) is 169 Å². The summed E-state index contributed by atoms with van der Waals surface area (Å²) in [4.78, 5) is 60.1. The molecule has 4 aliphatic rings. The molecule has 0 bridgehead atoms. The minimum absolute atomic E-state index is 0. The minimum Gasteiger partial charge on any atom is -0.277 e. The van der Waals surface area contributed by atoms with E-state index in [0.717, 1.165) is 117 Å². The highest BCUT2D eigenvalue weighted by atomic mass is 127. The summed E-state index contributed by atoms with van der Waals surface area (Å²) in [6, 6.07) is 34.7. The predicted molar refractivity (Wildman–Crippen MR) is 365 cm³/mol. The standard InChI is InChI=1S/C55H43N2O4.C6H12.C6H11.2HI.H3P.2H2P/c1-8-23-55(6,9-2)57-53(60)38-25-29(4)41-32-19-20-34-43-28(3)24-37-47-40(52(59)56(7)51(37)58)27-36(31-17-15-13-11-10-12-14-16-18-31)46(50(43)47)35-22-21-33(44(32)45(34)35)42-30(5)26-39(54(57)61)48(38)49(41)42;2*1-6-4-2-3-5-6;;;;;/h10-22,24-27H,5,8-9,23H2,1-4,6-7H3;6H,2-5H2,1H3;6H,1-5H2;2*1H;1H3;2*1H2. The molecule has 0 saturated heterocycles. The molecule has 2 aliphatic carbocycles. The highest BCUT2D eigenvalue weighted by Crippen LogP contribution is 2.54. The molecule has 11 heteroatoms. The number of fused-ring (bicyclic) bond motifs is 4. The van der Waals surface area contributed by atoms with Crippen molar-refractivity contribution in [3.8, 4) is 11.1 Å². The number of hydrogen-bond acceptors (Lipinski definition) is 4. The van der Waals surface area contributed by atoms with Crippen molar-refractivity contribution in [3.63, 3.8) is 0 Å². The molecule has 0 N–H and O–H groups in total. The van der Waals surface area contributed by atoms with Crippen LogP contribution < -0.4 is 0 Å². The van der Waals surface area contributed by atoms with E-state index in [2.05, 4.69) is 77.9 Å². The molecule has 2 atom stereocenters. The van der Waals surface area contributed by atoms with Gasteiger partial charge in [-0.1, -0.05) is 164 Å². The second-order valence-corrected chi connectivity index (χ2v) is 22.0. The van der Waals surface area contributed by atoms with E-state index in [1.165, 1.54) is 61.2 Å². The average Bonchev–Trinajstić information content (AvgIpc) is 4.19. The van der Waals surface area contributed by atoms with Crippen molar-refractivity contribution in [1.29, 1.82) is 0 Å². The van der Waals surface area contributed by atoms with E-state index >= 15 is 0 Å². The predicted octanol–water partition coefficient (Wildman–Crippen LogP) is 19.2. The SMILES string of the molecule is CC1CCCC1.I.I.P.[CH2]C1CCCC1.[CH2]c1cc2c3c(cc(C)c4c5ccc6c7c(C)cc8c9c(cc(-c%10ccccccccc%10)c(c%10ccc(c1c34)c5c6%10)c97)C(=O)N(C)C8=O)C(=O)N(C(C)(CC)CCC)C2=O.[PH2].[PH2]. The van der Waals surface area contributed by atoms with Crippen molar-refractivity contribution in [1.82, 2.24) is 9.80 Å². The summed E-state index contributed by atoms with van der Waals surface area (Å²) in [5, 5.41) is 13.4. The summed E-state index contributed by atoms with van der Waals surface area (Å²) >= 11 is 0. The molecule has 13 rings (SSSR count). The maximum atomic E-state index is 14.7. The number of rotatable bonds is 5. The third-order valence-corrected chi connectivity index (χ3v) is 17.2. The van der Waals surface area contributed by atoms with Crippen LogP contribution in [0.1, 0.15) is 156 Å². The number of hydrogen-bond donors (Lipinski definition) is 0. The lowest BCUT2D eigenvalue weighted by Gasteiger charge is -2.42. The number of carbonyl (C=O) groups is 4. The van der Waals surface area contributed by atoms with Crippen LogP contribution in [0.25, 0.3) is 86.5 Å². The molecule has 9 aromatic carbocycles. The lowest BCUT2D eigenvalue weighted by Crippen LogP contribution is -2.54. The fraction of sp³-hybridized carbons (Fsp3) is 0.313. The number of amides is 4.